The maximum atomic E-state index is 10.8. The number of hydrogen-bond acceptors (Lipinski definition) is 4. The van der Waals surface area contributed by atoms with Crippen LogP contribution in [0.5, 0.6) is 5.75 Å². The van der Waals surface area contributed by atoms with E-state index in [9.17, 15) is 5.11 Å². The number of likely N-dealkylation sites (N-methyl/N-ethyl adjacent to an activating group) is 1. The highest BCUT2D eigenvalue weighted by Gasteiger charge is 2.35. The zero-order chi connectivity index (χ0) is 23.5. The molecule has 0 saturated carbocycles. The number of piperidine rings is 1. The molecule has 1 saturated heterocycles. The quantitative estimate of drug-likeness (QED) is 0.515. The van der Waals surface area contributed by atoms with Crippen LogP contribution in [0, 0.1) is 12.8 Å². The van der Waals surface area contributed by atoms with Gasteiger partial charge < -0.3 is 15.2 Å². The summed E-state index contributed by atoms with van der Waals surface area (Å²) in [6.07, 6.45) is 3.27. The predicted molar refractivity (Wildman–Crippen MR) is 138 cm³/mol. The summed E-state index contributed by atoms with van der Waals surface area (Å²) in [5.74, 6) is 0.993. The van der Waals surface area contributed by atoms with E-state index < -0.39 is 0 Å². The van der Waals surface area contributed by atoms with Crippen LogP contribution >= 0.6 is 0 Å². The maximum Gasteiger partial charge on any atom is 0.122 e. The molecule has 178 valence electrons. The molecule has 5 rings (SSSR count). The number of hydrogen-bond donors (Lipinski definition) is 2. The van der Waals surface area contributed by atoms with Crippen LogP contribution in [0.2, 0.25) is 0 Å². The number of fused-ring (bicyclic) bond motifs is 1. The lowest BCUT2D eigenvalue weighted by Gasteiger charge is -2.40. The van der Waals surface area contributed by atoms with E-state index in [0.717, 1.165) is 62.1 Å². The topological polar surface area (TPSA) is 44.7 Å². The number of rotatable bonds is 6. The van der Waals surface area contributed by atoms with E-state index in [0.29, 0.717) is 11.7 Å². The van der Waals surface area contributed by atoms with E-state index in [2.05, 4.69) is 70.9 Å². The molecule has 2 N–H and O–H groups in total. The summed E-state index contributed by atoms with van der Waals surface area (Å²) in [7, 11) is 1.96. The standard InChI is InChI=1S/C30H36N2O2/c1-21-8-13-26-27(30(21)33)18-28(34-29(26)19-31-2)25-14-16-32(17-15-25)20-22-9-11-24(12-10-22)23-6-4-3-5-7-23/h3-13,25,28-29,31,33H,14-20H2,1-2H3/t28-,29-/m0/s1. The van der Waals surface area contributed by atoms with Crippen molar-refractivity contribution in [3.63, 3.8) is 0 Å². The third-order valence-corrected chi connectivity index (χ3v) is 7.63. The van der Waals surface area contributed by atoms with Crippen molar-refractivity contribution in [3.05, 3.63) is 89.0 Å². The van der Waals surface area contributed by atoms with Crippen LogP contribution in [0.1, 0.15) is 41.2 Å². The Balaban J connectivity index is 1.20. The van der Waals surface area contributed by atoms with Crippen molar-refractivity contribution >= 4 is 0 Å². The van der Waals surface area contributed by atoms with Crippen molar-refractivity contribution in [2.24, 2.45) is 5.92 Å². The molecule has 2 aliphatic rings. The summed E-state index contributed by atoms with van der Waals surface area (Å²) in [6.45, 7) is 5.93. The number of likely N-dealkylation sites (tertiary alicyclic amines) is 1. The number of benzene rings is 3. The average Bonchev–Trinajstić information content (AvgIpc) is 2.88. The first-order valence-electron chi connectivity index (χ1n) is 12.6. The first kappa shape index (κ1) is 23.1. The smallest absolute Gasteiger partial charge is 0.122 e. The number of nitrogens with one attached hydrogen (secondary N) is 1. The highest BCUT2D eigenvalue weighted by Crippen LogP contribution is 2.40. The van der Waals surface area contributed by atoms with Gasteiger partial charge in [0.15, 0.2) is 0 Å². The van der Waals surface area contributed by atoms with E-state index in [4.69, 9.17) is 4.74 Å². The fourth-order valence-electron chi connectivity index (χ4n) is 5.61. The van der Waals surface area contributed by atoms with Gasteiger partial charge in [0.05, 0.1) is 12.2 Å². The van der Waals surface area contributed by atoms with Crippen LogP contribution in [0.4, 0.5) is 0 Å². The number of aryl methyl sites for hydroxylation is 1. The number of ether oxygens (including phenoxy) is 1. The van der Waals surface area contributed by atoms with Crippen LogP contribution in [-0.2, 0) is 17.7 Å². The normalized spacial score (nSPS) is 21.4. The minimum atomic E-state index is 0.00593. The summed E-state index contributed by atoms with van der Waals surface area (Å²) in [6, 6.07) is 23.7. The van der Waals surface area contributed by atoms with Crippen molar-refractivity contribution in [2.45, 2.75) is 44.9 Å². The van der Waals surface area contributed by atoms with Crippen LogP contribution in [0.15, 0.2) is 66.7 Å². The molecule has 0 unspecified atom stereocenters. The van der Waals surface area contributed by atoms with Crippen LogP contribution in [0.3, 0.4) is 0 Å². The number of nitrogens with zero attached hydrogens (tertiary/aromatic N) is 1. The molecule has 3 aromatic carbocycles. The Bertz CT molecular complexity index is 1090. The van der Waals surface area contributed by atoms with Gasteiger partial charge in [-0.05, 0) is 73.6 Å². The third kappa shape index (κ3) is 4.90. The SMILES string of the molecule is CNC[C@@H]1O[C@H](C2CCN(Cc3ccc(-c4ccccc4)cc3)CC2)Cc2c1ccc(C)c2O. The van der Waals surface area contributed by atoms with Crippen molar-refractivity contribution in [3.8, 4) is 16.9 Å². The molecule has 2 aliphatic heterocycles. The van der Waals surface area contributed by atoms with Crippen LogP contribution < -0.4 is 5.32 Å². The van der Waals surface area contributed by atoms with Gasteiger partial charge in [-0.2, -0.15) is 0 Å². The molecule has 4 heteroatoms. The van der Waals surface area contributed by atoms with Crippen molar-refractivity contribution in [2.75, 3.05) is 26.7 Å². The molecule has 34 heavy (non-hydrogen) atoms. The Morgan fingerprint density at radius 1 is 0.941 bits per heavy atom. The largest absolute Gasteiger partial charge is 0.507 e. The van der Waals surface area contributed by atoms with Gasteiger partial charge in [-0.15, -0.1) is 0 Å². The number of phenolic OH excluding ortho intramolecular Hbond substituents is 1. The predicted octanol–water partition coefficient (Wildman–Crippen LogP) is 5.48. The zero-order valence-corrected chi connectivity index (χ0v) is 20.3. The van der Waals surface area contributed by atoms with Crippen molar-refractivity contribution in [1.29, 1.82) is 0 Å². The van der Waals surface area contributed by atoms with Crippen molar-refractivity contribution < 1.29 is 9.84 Å². The molecule has 1 fully saturated rings. The lowest BCUT2D eigenvalue weighted by Crippen LogP contribution is -2.42. The monoisotopic (exact) mass is 456 g/mol. The highest BCUT2D eigenvalue weighted by molar-refractivity contribution is 5.63. The van der Waals surface area contributed by atoms with Crippen molar-refractivity contribution in [1.82, 2.24) is 10.2 Å². The maximum absolute atomic E-state index is 10.8. The zero-order valence-electron chi connectivity index (χ0n) is 20.3. The Labute approximate surface area is 203 Å². The Hall–Kier alpha value is -2.66. The second-order valence-corrected chi connectivity index (χ2v) is 9.90. The fraction of sp³-hybridized carbons (Fsp3) is 0.400. The molecule has 2 heterocycles. The highest BCUT2D eigenvalue weighted by atomic mass is 16.5. The third-order valence-electron chi connectivity index (χ3n) is 7.63. The molecule has 0 spiro atoms. The second-order valence-electron chi connectivity index (χ2n) is 9.90. The molecule has 4 nitrogen and oxygen atoms in total. The van der Waals surface area contributed by atoms with Gasteiger partial charge in [0.2, 0.25) is 0 Å². The summed E-state index contributed by atoms with van der Waals surface area (Å²) < 4.78 is 6.60. The summed E-state index contributed by atoms with van der Waals surface area (Å²) in [5.41, 5.74) is 7.10. The van der Waals surface area contributed by atoms with E-state index in [1.165, 1.54) is 16.7 Å². The average molecular weight is 457 g/mol. The van der Waals surface area contributed by atoms with E-state index in [1.54, 1.807) is 0 Å². The van der Waals surface area contributed by atoms with Gasteiger partial charge in [0, 0.05) is 25.1 Å². The molecule has 0 aromatic heterocycles. The molecular formula is C30H36N2O2. The van der Waals surface area contributed by atoms with E-state index in [-0.39, 0.29) is 12.2 Å². The van der Waals surface area contributed by atoms with Gasteiger partial charge in [-0.1, -0.05) is 66.7 Å². The summed E-state index contributed by atoms with van der Waals surface area (Å²) in [4.78, 5) is 2.57. The Morgan fingerprint density at radius 2 is 1.65 bits per heavy atom. The summed E-state index contributed by atoms with van der Waals surface area (Å²) in [5, 5.41) is 14.0. The molecule has 0 bridgehead atoms. The Kier molecular flexibility index (Phi) is 7.00. The molecule has 2 atom stereocenters. The number of phenols is 1. The molecular weight excluding hydrogens is 420 g/mol. The summed E-state index contributed by atoms with van der Waals surface area (Å²) >= 11 is 0. The van der Waals surface area contributed by atoms with Gasteiger partial charge >= 0.3 is 0 Å². The Morgan fingerprint density at radius 3 is 2.35 bits per heavy atom. The van der Waals surface area contributed by atoms with Crippen LogP contribution in [0.25, 0.3) is 11.1 Å². The lowest BCUT2D eigenvalue weighted by molar-refractivity contribution is -0.0674. The van der Waals surface area contributed by atoms with E-state index >= 15 is 0 Å². The first-order valence-corrected chi connectivity index (χ1v) is 12.6. The molecule has 3 aromatic rings. The van der Waals surface area contributed by atoms with Gasteiger partial charge in [-0.25, -0.2) is 0 Å². The minimum absolute atomic E-state index is 0.00593. The fourth-order valence-corrected chi connectivity index (χ4v) is 5.61. The molecule has 0 aliphatic carbocycles. The first-order chi connectivity index (χ1) is 16.6. The van der Waals surface area contributed by atoms with Gasteiger partial charge in [-0.3, -0.25) is 4.90 Å². The van der Waals surface area contributed by atoms with Gasteiger partial charge in [0.25, 0.3) is 0 Å². The number of aromatic hydroxyl groups is 1. The molecule has 0 radical (unpaired) electrons. The van der Waals surface area contributed by atoms with Crippen LogP contribution in [-0.4, -0.2) is 42.8 Å². The minimum Gasteiger partial charge on any atom is -0.507 e. The lowest BCUT2D eigenvalue weighted by atomic mass is 9.83. The molecule has 0 amide bonds. The van der Waals surface area contributed by atoms with Gasteiger partial charge in [0.1, 0.15) is 5.75 Å². The second kappa shape index (κ2) is 10.3. The van der Waals surface area contributed by atoms with E-state index in [1.807, 2.05) is 20.0 Å².